The molecule has 0 amide bonds. The van der Waals surface area contributed by atoms with Gasteiger partial charge in [0.1, 0.15) is 0 Å². The molecule has 2 N–H and O–H groups in total. The van der Waals surface area contributed by atoms with E-state index in [9.17, 15) is 0 Å². The van der Waals surface area contributed by atoms with Crippen LogP contribution in [0.3, 0.4) is 0 Å². The van der Waals surface area contributed by atoms with Gasteiger partial charge in [-0.05, 0) is 52.1 Å². The highest BCUT2D eigenvalue weighted by Gasteiger charge is 2.19. The molecule has 0 radical (unpaired) electrons. The Hall–Kier alpha value is -0.810. The second-order valence-corrected chi connectivity index (χ2v) is 6.06. The summed E-state index contributed by atoms with van der Waals surface area (Å²) >= 11 is 0. The summed E-state index contributed by atoms with van der Waals surface area (Å²) in [5.74, 6) is 1.81. The molecule has 0 aromatic heterocycles. The van der Waals surface area contributed by atoms with Gasteiger partial charge in [-0.1, -0.05) is 6.92 Å². The fourth-order valence-corrected chi connectivity index (χ4v) is 2.57. The molecule has 0 aromatic rings. The smallest absolute Gasteiger partial charge is 0.191 e. The molecule has 1 aliphatic heterocycles. The second kappa shape index (κ2) is 10.9. The Labute approximate surface area is 130 Å². The van der Waals surface area contributed by atoms with Gasteiger partial charge in [-0.2, -0.15) is 0 Å². The van der Waals surface area contributed by atoms with E-state index < -0.39 is 0 Å². The van der Waals surface area contributed by atoms with Gasteiger partial charge in [0, 0.05) is 32.8 Å². The molecule has 0 aromatic carbocycles. The maximum Gasteiger partial charge on any atom is 0.191 e. The first-order valence-electron chi connectivity index (χ1n) is 8.42. The van der Waals surface area contributed by atoms with E-state index in [0.29, 0.717) is 6.04 Å². The van der Waals surface area contributed by atoms with Crippen LogP contribution in [0.4, 0.5) is 0 Å². The first kappa shape index (κ1) is 18.2. The van der Waals surface area contributed by atoms with Crippen molar-refractivity contribution in [3.8, 4) is 0 Å². The van der Waals surface area contributed by atoms with Crippen molar-refractivity contribution in [2.45, 2.75) is 46.1 Å². The third-order valence-electron chi connectivity index (χ3n) is 4.12. The number of piperidine rings is 1. The molecular weight excluding hydrogens is 264 g/mol. The van der Waals surface area contributed by atoms with Gasteiger partial charge in [-0.15, -0.1) is 0 Å². The lowest BCUT2D eigenvalue weighted by Gasteiger charge is -2.34. The van der Waals surface area contributed by atoms with Gasteiger partial charge < -0.3 is 15.4 Å². The molecule has 1 unspecified atom stereocenters. The molecule has 1 fully saturated rings. The number of methoxy groups -OCH3 is 1. The quantitative estimate of drug-likeness (QED) is 0.407. The zero-order chi connectivity index (χ0) is 15.5. The Bertz CT molecular complexity index is 288. The number of nitrogens with one attached hydrogen (secondary N) is 2. The fraction of sp³-hybridized carbons (Fsp3) is 0.938. The van der Waals surface area contributed by atoms with Gasteiger partial charge in [0.25, 0.3) is 0 Å². The number of likely N-dealkylation sites (tertiary alicyclic amines) is 1. The van der Waals surface area contributed by atoms with Crippen molar-refractivity contribution in [3.05, 3.63) is 0 Å². The van der Waals surface area contributed by atoms with Crippen LogP contribution in [0.2, 0.25) is 0 Å². The zero-order valence-corrected chi connectivity index (χ0v) is 14.3. The van der Waals surface area contributed by atoms with Gasteiger partial charge in [0.15, 0.2) is 5.96 Å². The molecule has 0 saturated carbocycles. The van der Waals surface area contributed by atoms with E-state index in [-0.39, 0.29) is 0 Å². The maximum atomic E-state index is 5.06. The first-order chi connectivity index (χ1) is 10.2. The standard InChI is InChI=1S/C16H34N4O/c1-5-17-16(18-9-6-12-21-4)19-13-15(3)20-10-7-14(2)8-11-20/h14-15H,5-13H2,1-4H3,(H2,17,18,19). The molecule has 1 saturated heterocycles. The summed E-state index contributed by atoms with van der Waals surface area (Å²) in [7, 11) is 1.74. The largest absolute Gasteiger partial charge is 0.385 e. The van der Waals surface area contributed by atoms with Crippen LogP contribution in [-0.4, -0.2) is 63.3 Å². The lowest BCUT2D eigenvalue weighted by Crippen LogP contribution is -2.43. The molecule has 1 heterocycles. The summed E-state index contributed by atoms with van der Waals surface area (Å²) in [6.07, 6.45) is 3.65. The lowest BCUT2D eigenvalue weighted by molar-refractivity contribution is 0.150. The summed E-state index contributed by atoms with van der Waals surface area (Å²) in [6.45, 7) is 12.6. The van der Waals surface area contributed by atoms with E-state index in [1.165, 1.54) is 25.9 Å². The Kier molecular flexibility index (Phi) is 9.42. The number of guanidine groups is 1. The molecule has 124 valence electrons. The van der Waals surface area contributed by atoms with Crippen molar-refractivity contribution in [1.82, 2.24) is 15.5 Å². The zero-order valence-electron chi connectivity index (χ0n) is 14.3. The van der Waals surface area contributed by atoms with E-state index in [1.807, 2.05) is 0 Å². The minimum atomic E-state index is 0.520. The monoisotopic (exact) mass is 298 g/mol. The topological polar surface area (TPSA) is 48.9 Å². The molecule has 1 atom stereocenters. The van der Waals surface area contributed by atoms with E-state index in [4.69, 9.17) is 9.73 Å². The predicted molar refractivity (Wildman–Crippen MR) is 89.9 cm³/mol. The van der Waals surface area contributed by atoms with Crippen molar-refractivity contribution in [3.63, 3.8) is 0 Å². The molecule has 0 aliphatic carbocycles. The number of nitrogens with zero attached hydrogens (tertiary/aromatic N) is 2. The van der Waals surface area contributed by atoms with Crippen LogP contribution in [0, 0.1) is 5.92 Å². The molecule has 1 aliphatic rings. The van der Waals surface area contributed by atoms with E-state index in [0.717, 1.165) is 44.5 Å². The minimum absolute atomic E-state index is 0.520. The third kappa shape index (κ3) is 7.67. The summed E-state index contributed by atoms with van der Waals surface area (Å²) in [5.41, 5.74) is 0. The summed E-state index contributed by atoms with van der Waals surface area (Å²) in [5, 5.41) is 6.67. The van der Waals surface area contributed by atoms with Crippen molar-refractivity contribution < 1.29 is 4.74 Å². The van der Waals surface area contributed by atoms with Crippen molar-refractivity contribution in [2.75, 3.05) is 46.4 Å². The highest BCUT2D eigenvalue weighted by molar-refractivity contribution is 5.79. The highest BCUT2D eigenvalue weighted by atomic mass is 16.5. The van der Waals surface area contributed by atoms with Crippen LogP contribution in [0.5, 0.6) is 0 Å². The molecular formula is C16H34N4O. The van der Waals surface area contributed by atoms with E-state index >= 15 is 0 Å². The molecule has 5 heteroatoms. The number of hydrogen-bond donors (Lipinski definition) is 2. The molecule has 21 heavy (non-hydrogen) atoms. The normalized spacial score (nSPS) is 19.5. The maximum absolute atomic E-state index is 5.06. The Morgan fingerprint density at radius 1 is 1.33 bits per heavy atom. The summed E-state index contributed by atoms with van der Waals surface area (Å²) in [4.78, 5) is 7.28. The number of aliphatic imine (C=N–C) groups is 1. The summed E-state index contributed by atoms with van der Waals surface area (Å²) in [6, 6.07) is 0.520. The average Bonchev–Trinajstić information content (AvgIpc) is 2.49. The number of rotatable bonds is 8. The van der Waals surface area contributed by atoms with Crippen LogP contribution < -0.4 is 10.6 Å². The van der Waals surface area contributed by atoms with Crippen molar-refractivity contribution in [1.29, 1.82) is 0 Å². The first-order valence-corrected chi connectivity index (χ1v) is 8.42. The second-order valence-electron chi connectivity index (χ2n) is 6.06. The fourth-order valence-electron chi connectivity index (χ4n) is 2.57. The van der Waals surface area contributed by atoms with Crippen LogP contribution in [-0.2, 0) is 4.74 Å². The third-order valence-corrected chi connectivity index (χ3v) is 4.12. The Morgan fingerprint density at radius 2 is 2.05 bits per heavy atom. The minimum Gasteiger partial charge on any atom is -0.385 e. The number of hydrogen-bond acceptors (Lipinski definition) is 3. The predicted octanol–water partition coefficient (Wildman–Crippen LogP) is 1.70. The lowest BCUT2D eigenvalue weighted by atomic mass is 9.98. The van der Waals surface area contributed by atoms with Gasteiger partial charge in [-0.3, -0.25) is 9.89 Å². The van der Waals surface area contributed by atoms with Crippen molar-refractivity contribution in [2.24, 2.45) is 10.9 Å². The van der Waals surface area contributed by atoms with Crippen LogP contribution in [0.25, 0.3) is 0 Å². The summed E-state index contributed by atoms with van der Waals surface area (Å²) < 4.78 is 5.06. The number of ether oxygens (including phenoxy) is 1. The Morgan fingerprint density at radius 3 is 2.67 bits per heavy atom. The van der Waals surface area contributed by atoms with Crippen molar-refractivity contribution >= 4 is 5.96 Å². The van der Waals surface area contributed by atoms with Gasteiger partial charge in [0.2, 0.25) is 0 Å². The van der Waals surface area contributed by atoms with Crippen LogP contribution in [0.15, 0.2) is 4.99 Å². The molecule has 1 rings (SSSR count). The SMILES string of the molecule is CCNC(=NCC(C)N1CCC(C)CC1)NCCCOC. The van der Waals surface area contributed by atoms with Crippen LogP contribution in [0.1, 0.15) is 40.0 Å². The van der Waals surface area contributed by atoms with E-state index in [1.54, 1.807) is 7.11 Å². The molecule has 5 nitrogen and oxygen atoms in total. The average molecular weight is 298 g/mol. The Balaban J connectivity index is 2.33. The highest BCUT2D eigenvalue weighted by Crippen LogP contribution is 2.17. The molecule has 0 bridgehead atoms. The van der Waals surface area contributed by atoms with Crippen LogP contribution >= 0.6 is 0 Å². The van der Waals surface area contributed by atoms with E-state index in [2.05, 4.69) is 36.3 Å². The van der Waals surface area contributed by atoms with Gasteiger partial charge in [0.05, 0.1) is 6.54 Å². The van der Waals surface area contributed by atoms with Gasteiger partial charge in [-0.25, -0.2) is 0 Å². The van der Waals surface area contributed by atoms with Gasteiger partial charge >= 0.3 is 0 Å². The molecule has 0 spiro atoms.